The molecule has 2 amide bonds. The Morgan fingerprint density at radius 1 is 1.00 bits per heavy atom. The minimum atomic E-state index is -0.231. The molecule has 5 rings (SSSR count). The van der Waals surface area contributed by atoms with Gasteiger partial charge in [-0.3, -0.25) is 0 Å². The quantitative estimate of drug-likeness (QED) is 0.536. The zero-order chi connectivity index (χ0) is 22.2. The van der Waals surface area contributed by atoms with Crippen LogP contribution in [0.1, 0.15) is 18.9 Å². The van der Waals surface area contributed by atoms with Crippen LogP contribution >= 0.6 is 11.6 Å². The fourth-order valence-corrected chi connectivity index (χ4v) is 5.16. The first-order valence-corrected chi connectivity index (χ1v) is 11.7. The van der Waals surface area contributed by atoms with Gasteiger partial charge in [0.25, 0.3) is 0 Å². The maximum Gasteiger partial charge on any atom is 0.319 e. The number of aromatic nitrogens is 1. The normalized spacial score (nSPS) is 18.3. The topological polar surface area (TPSA) is 31.7 Å². The second-order valence-electron chi connectivity index (χ2n) is 8.88. The molecule has 0 aliphatic carbocycles. The van der Waals surface area contributed by atoms with E-state index in [0.29, 0.717) is 11.1 Å². The Morgan fingerprint density at radius 3 is 2.44 bits per heavy atom. The highest BCUT2D eigenvalue weighted by molar-refractivity contribution is 6.31. The van der Waals surface area contributed by atoms with Crippen LogP contribution in [0, 0.1) is 5.82 Å². The molecule has 0 N–H and O–H groups in total. The summed E-state index contributed by atoms with van der Waals surface area (Å²) in [4.78, 5) is 18.3. The number of urea groups is 1. The van der Waals surface area contributed by atoms with Gasteiger partial charge < -0.3 is 19.3 Å². The molecule has 0 bridgehead atoms. The highest BCUT2D eigenvalue weighted by Crippen LogP contribution is 2.36. The molecule has 2 saturated heterocycles. The van der Waals surface area contributed by atoms with Crippen LogP contribution in [0.15, 0.2) is 48.7 Å². The molecule has 2 aliphatic rings. The number of halogens is 2. The Balaban J connectivity index is 1.31. The molecule has 0 saturated carbocycles. The van der Waals surface area contributed by atoms with Crippen LogP contribution in [-0.2, 0) is 0 Å². The number of piperidine rings is 1. The number of likely N-dealkylation sites (N-methyl/N-ethyl adjacent to an activating group) is 1. The lowest BCUT2D eigenvalue weighted by Crippen LogP contribution is -2.41. The van der Waals surface area contributed by atoms with Crippen LogP contribution < -0.4 is 0 Å². The summed E-state index contributed by atoms with van der Waals surface area (Å²) in [5.74, 6) is -0.231. The molecule has 3 aromatic rings. The monoisotopic (exact) mass is 454 g/mol. The maximum absolute atomic E-state index is 13.5. The molecular weight excluding hydrogens is 427 g/mol. The van der Waals surface area contributed by atoms with Crippen molar-refractivity contribution in [2.24, 2.45) is 0 Å². The van der Waals surface area contributed by atoms with Crippen LogP contribution in [0.4, 0.5) is 9.18 Å². The fraction of sp³-hybridized carbons (Fsp3) is 0.400. The van der Waals surface area contributed by atoms with Gasteiger partial charge in [0, 0.05) is 80.0 Å². The van der Waals surface area contributed by atoms with E-state index < -0.39 is 0 Å². The van der Waals surface area contributed by atoms with Crippen molar-refractivity contribution in [3.63, 3.8) is 0 Å². The molecule has 1 aromatic heterocycles. The second kappa shape index (κ2) is 8.75. The van der Waals surface area contributed by atoms with E-state index in [4.69, 9.17) is 11.6 Å². The molecule has 5 nitrogen and oxygen atoms in total. The number of likely N-dealkylation sites (tertiary alicyclic amines) is 1. The molecule has 32 heavy (non-hydrogen) atoms. The van der Waals surface area contributed by atoms with Gasteiger partial charge in [-0.15, -0.1) is 0 Å². The van der Waals surface area contributed by atoms with Crippen molar-refractivity contribution < 1.29 is 9.18 Å². The van der Waals surface area contributed by atoms with Gasteiger partial charge in [-0.1, -0.05) is 23.7 Å². The summed E-state index contributed by atoms with van der Waals surface area (Å²) in [6.45, 7) is 5.41. The van der Waals surface area contributed by atoms with E-state index in [-0.39, 0.29) is 11.8 Å². The van der Waals surface area contributed by atoms with E-state index in [9.17, 15) is 9.18 Å². The summed E-state index contributed by atoms with van der Waals surface area (Å²) in [5.41, 5.74) is 3.24. The summed E-state index contributed by atoms with van der Waals surface area (Å²) in [6, 6.07) is 13.2. The second-order valence-corrected chi connectivity index (χ2v) is 9.32. The largest absolute Gasteiger partial charge is 0.344 e. The van der Waals surface area contributed by atoms with Crippen LogP contribution in [0.25, 0.3) is 22.0 Å². The Hall–Kier alpha value is -2.57. The summed E-state index contributed by atoms with van der Waals surface area (Å²) in [5, 5.41) is 1.80. The third-order valence-electron chi connectivity index (χ3n) is 6.89. The van der Waals surface area contributed by atoms with Gasteiger partial charge in [-0.2, -0.15) is 0 Å². The van der Waals surface area contributed by atoms with E-state index in [1.165, 1.54) is 12.1 Å². The Morgan fingerprint density at radius 2 is 1.75 bits per heavy atom. The van der Waals surface area contributed by atoms with Crippen LogP contribution in [-0.4, -0.2) is 71.6 Å². The minimum Gasteiger partial charge on any atom is -0.344 e. The lowest BCUT2D eigenvalue weighted by atomic mass is 10.0. The third-order valence-corrected chi connectivity index (χ3v) is 7.12. The number of amides is 2. The van der Waals surface area contributed by atoms with Gasteiger partial charge in [0.2, 0.25) is 0 Å². The molecule has 0 atom stereocenters. The van der Waals surface area contributed by atoms with E-state index in [1.807, 2.05) is 36.2 Å². The van der Waals surface area contributed by atoms with Crippen molar-refractivity contribution in [1.29, 1.82) is 0 Å². The molecule has 2 aliphatic heterocycles. The Bertz CT molecular complexity index is 1120. The van der Waals surface area contributed by atoms with Crippen LogP contribution in [0.5, 0.6) is 0 Å². The minimum absolute atomic E-state index is 0.144. The van der Waals surface area contributed by atoms with Crippen molar-refractivity contribution >= 4 is 28.5 Å². The van der Waals surface area contributed by atoms with Gasteiger partial charge in [0.15, 0.2) is 0 Å². The van der Waals surface area contributed by atoms with Gasteiger partial charge in [0.05, 0.1) is 0 Å². The zero-order valence-corrected chi connectivity index (χ0v) is 19.1. The maximum atomic E-state index is 13.5. The molecule has 2 aromatic carbocycles. The number of carbonyl (C=O) groups is 1. The number of rotatable bonds is 5. The van der Waals surface area contributed by atoms with Gasteiger partial charge in [-0.05, 0) is 48.7 Å². The summed E-state index contributed by atoms with van der Waals surface area (Å²) < 4.78 is 15.8. The first-order chi connectivity index (χ1) is 15.5. The molecule has 2 fully saturated rings. The zero-order valence-electron chi connectivity index (χ0n) is 18.3. The first kappa shape index (κ1) is 21.3. The molecule has 0 radical (unpaired) electrons. The number of hydrogen-bond donors (Lipinski definition) is 0. The molecular formula is C25H28ClFN4O. The van der Waals surface area contributed by atoms with Crippen molar-refractivity contribution in [3.8, 4) is 11.1 Å². The van der Waals surface area contributed by atoms with E-state index in [1.54, 1.807) is 4.90 Å². The lowest BCUT2D eigenvalue weighted by Gasteiger charge is -2.34. The van der Waals surface area contributed by atoms with Crippen molar-refractivity contribution in [2.45, 2.75) is 18.9 Å². The van der Waals surface area contributed by atoms with Gasteiger partial charge in [0.1, 0.15) is 5.82 Å². The number of benzene rings is 2. The predicted octanol–water partition coefficient (Wildman–Crippen LogP) is 5.11. The Labute approximate surface area is 193 Å². The van der Waals surface area contributed by atoms with Crippen molar-refractivity contribution in [3.05, 3.63) is 59.5 Å². The number of nitrogens with zero attached hydrogens (tertiary/aromatic N) is 4. The average molecular weight is 455 g/mol. The fourth-order valence-electron chi connectivity index (χ4n) is 4.98. The number of carbonyl (C=O) groups excluding carboxylic acids is 1. The average Bonchev–Trinajstić information content (AvgIpc) is 3.33. The van der Waals surface area contributed by atoms with Gasteiger partial charge >= 0.3 is 6.03 Å². The molecule has 0 spiro atoms. The highest BCUT2D eigenvalue weighted by Gasteiger charge is 2.27. The van der Waals surface area contributed by atoms with Crippen molar-refractivity contribution in [2.75, 3.05) is 46.3 Å². The first-order valence-electron chi connectivity index (χ1n) is 11.3. The molecule has 0 unspecified atom stereocenters. The van der Waals surface area contributed by atoms with E-state index in [0.717, 1.165) is 74.1 Å². The Kier molecular flexibility index (Phi) is 5.82. The van der Waals surface area contributed by atoms with Gasteiger partial charge in [-0.25, -0.2) is 9.18 Å². The number of fused-ring (bicyclic) bond motifs is 1. The summed E-state index contributed by atoms with van der Waals surface area (Å²) in [6.07, 6.45) is 4.32. The summed E-state index contributed by atoms with van der Waals surface area (Å²) >= 11 is 6.32. The SMILES string of the molecule is CN1CCN(CCN2CCC(n3cc(-c4ccc(F)cc4)c4cc(Cl)ccc43)CC2)C1=O. The lowest BCUT2D eigenvalue weighted by molar-refractivity contribution is 0.163. The molecule has 168 valence electrons. The van der Waals surface area contributed by atoms with E-state index in [2.05, 4.69) is 21.7 Å². The van der Waals surface area contributed by atoms with Crippen LogP contribution in [0.2, 0.25) is 5.02 Å². The predicted molar refractivity (Wildman–Crippen MR) is 127 cm³/mol. The summed E-state index contributed by atoms with van der Waals surface area (Å²) in [7, 11) is 1.86. The van der Waals surface area contributed by atoms with Crippen molar-refractivity contribution in [1.82, 2.24) is 19.3 Å². The number of hydrogen-bond acceptors (Lipinski definition) is 2. The smallest absolute Gasteiger partial charge is 0.319 e. The van der Waals surface area contributed by atoms with E-state index >= 15 is 0 Å². The highest BCUT2D eigenvalue weighted by atomic mass is 35.5. The van der Waals surface area contributed by atoms with Crippen LogP contribution in [0.3, 0.4) is 0 Å². The molecule has 3 heterocycles. The molecule has 7 heteroatoms. The standard InChI is InChI=1S/C25H28ClFN4O/c1-28-12-14-30(25(28)32)15-13-29-10-8-21(9-11-29)31-17-23(18-2-5-20(27)6-3-18)22-16-19(26)4-7-24(22)31/h2-7,16-17,21H,8-15H2,1H3. The third kappa shape index (κ3) is 4.09.